The third-order valence-electron chi connectivity index (χ3n) is 4.99. The van der Waals surface area contributed by atoms with Crippen molar-refractivity contribution in [1.82, 2.24) is 4.90 Å². The second kappa shape index (κ2) is 7.89. The summed E-state index contributed by atoms with van der Waals surface area (Å²) in [4.78, 5) is 27.6. The maximum atomic E-state index is 13.2. The molecule has 2 aliphatic rings. The fourth-order valence-electron chi connectivity index (χ4n) is 3.62. The minimum atomic E-state index is -0.678. The van der Waals surface area contributed by atoms with Crippen LogP contribution < -0.4 is 14.8 Å². The summed E-state index contributed by atoms with van der Waals surface area (Å²) >= 11 is 0. The molecule has 0 bridgehead atoms. The predicted octanol–water partition coefficient (Wildman–Crippen LogP) is 3.76. The van der Waals surface area contributed by atoms with E-state index in [1.807, 2.05) is 45.0 Å². The van der Waals surface area contributed by atoms with Gasteiger partial charge in [0.2, 0.25) is 5.91 Å². The van der Waals surface area contributed by atoms with Crippen molar-refractivity contribution in [3.8, 4) is 11.5 Å². The number of nitrogens with one attached hydrogen (secondary N) is 1. The number of amides is 2. The van der Waals surface area contributed by atoms with Crippen LogP contribution in [0.3, 0.4) is 0 Å². The predicted molar refractivity (Wildman–Crippen MR) is 112 cm³/mol. The number of fused-ring (bicyclic) bond motifs is 2. The molecule has 2 aliphatic heterocycles. The molecule has 2 aromatic carbocycles. The van der Waals surface area contributed by atoms with Gasteiger partial charge in [0.1, 0.15) is 24.9 Å². The fourth-order valence-corrected chi connectivity index (χ4v) is 3.62. The van der Waals surface area contributed by atoms with E-state index in [0.29, 0.717) is 43.4 Å². The summed E-state index contributed by atoms with van der Waals surface area (Å²) in [5.41, 5.74) is 2.02. The fraction of sp³-hybridized carbons (Fsp3) is 0.391. The third-order valence-corrected chi connectivity index (χ3v) is 4.99. The number of rotatable bonds is 2. The molecular formula is C23H26N2O5. The zero-order valence-corrected chi connectivity index (χ0v) is 17.4. The van der Waals surface area contributed by atoms with E-state index in [-0.39, 0.29) is 5.91 Å². The summed E-state index contributed by atoms with van der Waals surface area (Å²) in [6, 6.07) is 12.4. The van der Waals surface area contributed by atoms with E-state index >= 15 is 0 Å². The molecule has 7 nitrogen and oxygen atoms in total. The van der Waals surface area contributed by atoms with E-state index in [2.05, 4.69) is 5.32 Å². The Bertz CT molecular complexity index is 966. The second-order valence-corrected chi connectivity index (χ2v) is 8.44. The lowest BCUT2D eigenvalue weighted by Gasteiger charge is -2.36. The summed E-state index contributed by atoms with van der Waals surface area (Å²) in [6.45, 7) is 6.73. The molecule has 2 aromatic rings. The molecule has 0 spiro atoms. The Morgan fingerprint density at radius 2 is 1.73 bits per heavy atom. The van der Waals surface area contributed by atoms with Gasteiger partial charge in [-0.3, -0.25) is 9.69 Å². The van der Waals surface area contributed by atoms with E-state index in [4.69, 9.17) is 14.2 Å². The van der Waals surface area contributed by atoms with Gasteiger partial charge in [0.15, 0.2) is 11.5 Å². The Hall–Kier alpha value is -3.22. The smallest absolute Gasteiger partial charge is 0.411 e. The van der Waals surface area contributed by atoms with Crippen molar-refractivity contribution in [3.05, 3.63) is 53.6 Å². The summed E-state index contributed by atoms with van der Waals surface area (Å²) in [5.74, 6) is 0.977. The Kier molecular flexibility index (Phi) is 5.28. The largest absolute Gasteiger partial charge is 0.486 e. The average molecular weight is 410 g/mol. The maximum absolute atomic E-state index is 13.2. The minimum absolute atomic E-state index is 0.271. The minimum Gasteiger partial charge on any atom is -0.486 e. The molecule has 0 unspecified atom stereocenters. The van der Waals surface area contributed by atoms with Crippen molar-refractivity contribution in [1.29, 1.82) is 0 Å². The molecule has 0 saturated carbocycles. The molecular weight excluding hydrogens is 384 g/mol. The monoisotopic (exact) mass is 410 g/mol. The molecule has 0 fully saturated rings. The second-order valence-electron chi connectivity index (χ2n) is 8.44. The van der Waals surface area contributed by atoms with Gasteiger partial charge in [-0.25, -0.2) is 4.79 Å². The number of ether oxygens (including phenoxy) is 3. The van der Waals surface area contributed by atoms with Crippen LogP contribution in [0.25, 0.3) is 0 Å². The first-order chi connectivity index (χ1) is 14.3. The molecule has 4 rings (SSSR count). The average Bonchev–Trinajstić information content (AvgIpc) is 2.71. The van der Waals surface area contributed by atoms with Gasteiger partial charge in [0.25, 0.3) is 0 Å². The molecule has 30 heavy (non-hydrogen) atoms. The molecule has 1 atom stereocenters. The standard InChI is InChI=1S/C23H26N2O5/c1-23(2,3)30-22(27)25-14-16-7-5-4-6-15(16)12-18(25)21(26)24-17-8-9-19-20(13-17)29-11-10-28-19/h4-9,13,18H,10-12,14H2,1-3H3,(H,24,26)/t18-/m1/s1. The van der Waals surface area contributed by atoms with Crippen molar-refractivity contribution in [2.75, 3.05) is 18.5 Å². The number of hydrogen-bond donors (Lipinski definition) is 1. The van der Waals surface area contributed by atoms with Crippen molar-refractivity contribution < 1.29 is 23.8 Å². The van der Waals surface area contributed by atoms with Crippen LogP contribution in [-0.4, -0.2) is 41.8 Å². The van der Waals surface area contributed by atoms with E-state index in [9.17, 15) is 9.59 Å². The molecule has 0 aromatic heterocycles. The topological polar surface area (TPSA) is 77.1 Å². The van der Waals surface area contributed by atoms with Crippen LogP contribution in [-0.2, 0) is 22.5 Å². The number of carbonyl (C=O) groups is 2. The van der Waals surface area contributed by atoms with Crippen LogP contribution in [0.4, 0.5) is 10.5 Å². The lowest BCUT2D eigenvalue weighted by atomic mass is 9.93. The Balaban J connectivity index is 1.57. The van der Waals surface area contributed by atoms with Crippen LogP contribution in [0, 0.1) is 0 Å². The van der Waals surface area contributed by atoms with Crippen molar-refractivity contribution in [3.63, 3.8) is 0 Å². The van der Waals surface area contributed by atoms with E-state index < -0.39 is 17.7 Å². The molecule has 2 heterocycles. The first-order valence-corrected chi connectivity index (χ1v) is 10.1. The van der Waals surface area contributed by atoms with Gasteiger partial charge < -0.3 is 19.5 Å². The first-order valence-electron chi connectivity index (χ1n) is 10.1. The van der Waals surface area contributed by atoms with Crippen LogP contribution in [0.15, 0.2) is 42.5 Å². The van der Waals surface area contributed by atoms with Gasteiger partial charge in [0, 0.05) is 18.2 Å². The van der Waals surface area contributed by atoms with E-state index in [1.165, 1.54) is 4.90 Å². The van der Waals surface area contributed by atoms with Gasteiger partial charge in [-0.05, 0) is 44.0 Å². The molecule has 0 aliphatic carbocycles. The quantitative estimate of drug-likeness (QED) is 0.816. The number of nitrogens with zero attached hydrogens (tertiary/aromatic N) is 1. The van der Waals surface area contributed by atoms with E-state index in [0.717, 1.165) is 11.1 Å². The zero-order chi connectivity index (χ0) is 21.3. The maximum Gasteiger partial charge on any atom is 0.411 e. The Morgan fingerprint density at radius 3 is 2.47 bits per heavy atom. The third kappa shape index (κ3) is 4.35. The molecule has 2 amide bonds. The van der Waals surface area contributed by atoms with Crippen LogP contribution >= 0.6 is 0 Å². The van der Waals surface area contributed by atoms with Crippen molar-refractivity contribution in [2.45, 2.75) is 45.4 Å². The van der Waals surface area contributed by atoms with E-state index in [1.54, 1.807) is 18.2 Å². The van der Waals surface area contributed by atoms with Gasteiger partial charge in [-0.2, -0.15) is 0 Å². The number of anilines is 1. The summed E-state index contributed by atoms with van der Waals surface area (Å²) in [7, 11) is 0. The van der Waals surface area contributed by atoms with Gasteiger partial charge in [-0.15, -0.1) is 0 Å². The van der Waals surface area contributed by atoms with Crippen LogP contribution in [0.2, 0.25) is 0 Å². The lowest BCUT2D eigenvalue weighted by molar-refractivity contribution is -0.121. The number of hydrogen-bond acceptors (Lipinski definition) is 5. The number of benzene rings is 2. The van der Waals surface area contributed by atoms with Crippen molar-refractivity contribution in [2.24, 2.45) is 0 Å². The molecule has 7 heteroatoms. The summed E-state index contributed by atoms with van der Waals surface area (Å²) in [5, 5.41) is 2.92. The molecule has 0 radical (unpaired) electrons. The van der Waals surface area contributed by atoms with Gasteiger partial charge in [0.05, 0.1) is 6.54 Å². The Morgan fingerprint density at radius 1 is 1.03 bits per heavy atom. The summed E-state index contributed by atoms with van der Waals surface area (Å²) in [6.07, 6.45) is -0.0782. The Labute approximate surface area is 175 Å². The normalized spacial score (nSPS) is 17.7. The van der Waals surface area contributed by atoms with Crippen LogP contribution in [0.1, 0.15) is 31.9 Å². The number of carbonyl (C=O) groups excluding carboxylic acids is 2. The SMILES string of the molecule is CC(C)(C)OC(=O)N1Cc2ccccc2C[C@@H]1C(=O)Nc1ccc2c(c1)OCCO2. The highest BCUT2D eigenvalue weighted by Crippen LogP contribution is 2.33. The molecule has 1 N–H and O–H groups in total. The van der Waals surface area contributed by atoms with Crippen molar-refractivity contribution >= 4 is 17.7 Å². The lowest BCUT2D eigenvalue weighted by Crippen LogP contribution is -2.52. The highest BCUT2D eigenvalue weighted by molar-refractivity contribution is 5.97. The summed E-state index contributed by atoms with van der Waals surface area (Å²) < 4.78 is 16.7. The first kappa shape index (κ1) is 20.1. The molecule has 0 saturated heterocycles. The van der Waals surface area contributed by atoms with Crippen LogP contribution in [0.5, 0.6) is 11.5 Å². The van der Waals surface area contributed by atoms with Gasteiger partial charge in [-0.1, -0.05) is 24.3 Å². The zero-order valence-electron chi connectivity index (χ0n) is 17.4. The van der Waals surface area contributed by atoms with Gasteiger partial charge >= 0.3 is 6.09 Å². The highest BCUT2D eigenvalue weighted by atomic mass is 16.6. The highest BCUT2D eigenvalue weighted by Gasteiger charge is 2.37. The molecule has 158 valence electrons.